The highest BCUT2D eigenvalue weighted by atomic mass is 35.5. The maximum atomic E-state index is 13.2. The summed E-state index contributed by atoms with van der Waals surface area (Å²) in [6.07, 6.45) is 2.15. The van der Waals surface area contributed by atoms with E-state index in [9.17, 15) is 9.59 Å². The topological polar surface area (TPSA) is 64.0 Å². The standard InChI is InChI=1S/C24H28ClN3O2S/c1-16(2)17(3)26-22(29)13-6-7-14-31-24-27-21-12-5-4-11-20(21)23(30)28(24)19-10-8-9-18(25)15-19/h4-5,8-12,15-17H,6-7,13-14H2,1-3H3,(H,26,29). The van der Waals surface area contributed by atoms with E-state index in [1.807, 2.05) is 37.3 Å². The number of nitrogens with zero attached hydrogens (tertiary/aromatic N) is 2. The van der Waals surface area contributed by atoms with Crippen molar-refractivity contribution >= 4 is 40.2 Å². The van der Waals surface area contributed by atoms with Gasteiger partial charge in [-0.1, -0.05) is 55.4 Å². The van der Waals surface area contributed by atoms with Gasteiger partial charge in [0.2, 0.25) is 5.91 Å². The van der Waals surface area contributed by atoms with E-state index in [-0.39, 0.29) is 17.5 Å². The van der Waals surface area contributed by atoms with Gasteiger partial charge in [0.1, 0.15) is 0 Å². The number of benzene rings is 2. The maximum absolute atomic E-state index is 13.2. The number of carbonyl (C=O) groups excluding carboxylic acids is 1. The number of fused-ring (bicyclic) bond motifs is 1. The Kier molecular flexibility index (Phi) is 8.15. The molecule has 0 bridgehead atoms. The summed E-state index contributed by atoms with van der Waals surface area (Å²) in [5, 5.41) is 4.80. The molecule has 0 aliphatic rings. The second-order valence-electron chi connectivity index (χ2n) is 7.94. The molecule has 1 N–H and O–H groups in total. The predicted molar refractivity (Wildman–Crippen MR) is 129 cm³/mol. The number of para-hydroxylation sites is 1. The Bertz CT molecular complexity index is 1110. The van der Waals surface area contributed by atoms with Crippen LogP contribution in [-0.4, -0.2) is 27.3 Å². The van der Waals surface area contributed by atoms with Crippen molar-refractivity contribution in [3.63, 3.8) is 0 Å². The van der Waals surface area contributed by atoms with Crippen LogP contribution < -0.4 is 10.9 Å². The molecule has 3 aromatic rings. The van der Waals surface area contributed by atoms with E-state index < -0.39 is 0 Å². The largest absolute Gasteiger partial charge is 0.353 e. The van der Waals surface area contributed by atoms with Crippen molar-refractivity contribution in [1.82, 2.24) is 14.9 Å². The summed E-state index contributed by atoms with van der Waals surface area (Å²) in [5.74, 6) is 1.27. The Hall–Kier alpha value is -2.31. The monoisotopic (exact) mass is 457 g/mol. The summed E-state index contributed by atoms with van der Waals surface area (Å²) in [7, 11) is 0. The minimum absolute atomic E-state index is 0.0888. The highest BCUT2D eigenvalue weighted by Gasteiger charge is 2.14. The number of hydrogen-bond donors (Lipinski definition) is 1. The number of rotatable bonds is 9. The Balaban J connectivity index is 1.72. The van der Waals surface area contributed by atoms with Crippen LogP contribution in [0.25, 0.3) is 16.6 Å². The molecule has 164 valence electrons. The summed E-state index contributed by atoms with van der Waals surface area (Å²) < 4.78 is 1.62. The highest BCUT2D eigenvalue weighted by Crippen LogP contribution is 2.24. The van der Waals surface area contributed by atoms with Crippen LogP contribution in [0.15, 0.2) is 58.5 Å². The molecule has 7 heteroatoms. The summed E-state index contributed by atoms with van der Waals surface area (Å²) in [6.45, 7) is 6.22. The van der Waals surface area contributed by atoms with Crippen LogP contribution >= 0.6 is 23.4 Å². The first-order chi connectivity index (χ1) is 14.9. The average Bonchev–Trinajstić information content (AvgIpc) is 2.73. The van der Waals surface area contributed by atoms with Gasteiger partial charge < -0.3 is 5.32 Å². The van der Waals surface area contributed by atoms with Gasteiger partial charge >= 0.3 is 0 Å². The Labute approximate surface area is 192 Å². The number of carbonyl (C=O) groups is 1. The average molecular weight is 458 g/mol. The van der Waals surface area contributed by atoms with E-state index in [1.165, 1.54) is 11.8 Å². The van der Waals surface area contributed by atoms with Crippen molar-refractivity contribution in [2.45, 2.75) is 51.2 Å². The Morgan fingerprint density at radius 2 is 1.90 bits per heavy atom. The van der Waals surface area contributed by atoms with Gasteiger partial charge in [0.05, 0.1) is 16.6 Å². The molecule has 1 aromatic heterocycles. The lowest BCUT2D eigenvalue weighted by Gasteiger charge is -2.17. The lowest BCUT2D eigenvalue weighted by atomic mass is 10.1. The van der Waals surface area contributed by atoms with Crippen LogP contribution in [-0.2, 0) is 4.79 Å². The lowest BCUT2D eigenvalue weighted by Crippen LogP contribution is -2.35. The number of unbranched alkanes of at least 4 members (excludes halogenated alkanes) is 1. The molecule has 0 saturated heterocycles. The molecule has 1 atom stereocenters. The van der Waals surface area contributed by atoms with Crippen molar-refractivity contribution in [1.29, 1.82) is 0 Å². The zero-order valence-electron chi connectivity index (χ0n) is 18.1. The fourth-order valence-corrected chi connectivity index (χ4v) is 4.29. The molecule has 0 saturated carbocycles. The minimum atomic E-state index is -0.114. The van der Waals surface area contributed by atoms with Crippen LogP contribution in [0.2, 0.25) is 5.02 Å². The third kappa shape index (κ3) is 6.11. The summed E-state index contributed by atoms with van der Waals surface area (Å²) >= 11 is 7.69. The summed E-state index contributed by atoms with van der Waals surface area (Å²) in [5.41, 5.74) is 1.26. The molecule has 31 heavy (non-hydrogen) atoms. The number of hydrogen-bond acceptors (Lipinski definition) is 4. The first-order valence-electron chi connectivity index (χ1n) is 10.6. The van der Waals surface area contributed by atoms with Crippen LogP contribution in [0.5, 0.6) is 0 Å². The second kappa shape index (κ2) is 10.8. The molecule has 0 radical (unpaired) electrons. The predicted octanol–water partition coefficient (Wildman–Crippen LogP) is 5.46. The van der Waals surface area contributed by atoms with E-state index in [0.717, 1.165) is 18.6 Å². The maximum Gasteiger partial charge on any atom is 0.266 e. The van der Waals surface area contributed by atoms with Crippen LogP contribution in [0.3, 0.4) is 0 Å². The van der Waals surface area contributed by atoms with Crippen molar-refractivity contribution < 1.29 is 4.79 Å². The van der Waals surface area contributed by atoms with E-state index >= 15 is 0 Å². The molecule has 2 aromatic carbocycles. The molecule has 1 amide bonds. The molecular weight excluding hydrogens is 430 g/mol. The zero-order chi connectivity index (χ0) is 22.4. The minimum Gasteiger partial charge on any atom is -0.353 e. The first kappa shape index (κ1) is 23.4. The molecule has 0 spiro atoms. The SMILES string of the molecule is CC(C)C(C)NC(=O)CCCCSc1nc2ccccc2c(=O)n1-c1cccc(Cl)c1. The van der Waals surface area contributed by atoms with Crippen molar-refractivity contribution in [2.24, 2.45) is 5.92 Å². The van der Waals surface area contributed by atoms with Crippen molar-refractivity contribution in [3.05, 3.63) is 63.9 Å². The van der Waals surface area contributed by atoms with Crippen LogP contribution in [0.1, 0.15) is 40.0 Å². The Morgan fingerprint density at radius 3 is 2.65 bits per heavy atom. The lowest BCUT2D eigenvalue weighted by molar-refractivity contribution is -0.122. The molecule has 0 aliphatic carbocycles. The normalized spacial score (nSPS) is 12.3. The first-order valence-corrected chi connectivity index (χ1v) is 11.9. The summed E-state index contributed by atoms with van der Waals surface area (Å²) in [4.78, 5) is 30.0. The number of amides is 1. The highest BCUT2D eigenvalue weighted by molar-refractivity contribution is 7.99. The van der Waals surface area contributed by atoms with Crippen molar-refractivity contribution in [3.8, 4) is 5.69 Å². The molecular formula is C24H28ClN3O2S. The molecule has 5 nitrogen and oxygen atoms in total. The molecule has 1 unspecified atom stereocenters. The van der Waals surface area contributed by atoms with Gasteiger partial charge in [0.25, 0.3) is 5.56 Å². The number of thioether (sulfide) groups is 1. The smallest absolute Gasteiger partial charge is 0.266 e. The molecule has 0 fully saturated rings. The quantitative estimate of drug-likeness (QED) is 0.263. The van der Waals surface area contributed by atoms with E-state index in [4.69, 9.17) is 16.6 Å². The third-order valence-corrected chi connectivity index (χ3v) is 6.49. The summed E-state index contributed by atoms with van der Waals surface area (Å²) in [6, 6.07) is 14.8. The number of nitrogens with one attached hydrogen (secondary N) is 1. The number of halogens is 1. The number of aromatic nitrogens is 2. The fraction of sp³-hybridized carbons (Fsp3) is 0.375. The zero-order valence-corrected chi connectivity index (χ0v) is 19.7. The van der Waals surface area contributed by atoms with E-state index in [0.29, 0.717) is 39.1 Å². The molecule has 1 heterocycles. The van der Waals surface area contributed by atoms with Crippen molar-refractivity contribution in [2.75, 3.05) is 5.75 Å². The Morgan fingerprint density at radius 1 is 1.13 bits per heavy atom. The van der Waals surface area contributed by atoms with Gasteiger partial charge in [-0.15, -0.1) is 0 Å². The third-order valence-electron chi connectivity index (χ3n) is 5.23. The van der Waals surface area contributed by atoms with Gasteiger partial charge in [-0.3, -0.25) is 14.2 Å². The van der Waals surface area contributed by atoms with Crippen LogP contribution in [0, 0.1) is 5.92 Å². The fourth-order valence-electron chi connectivity index (χ4n) is 3.10. The van der Waals surface area contributed by atoms with E-state index in [2.05, 4.69) is 19.2 Å². The van der Waals surface area contributed by atoms with Gasteiger partial charge in [0, 0.05) is 23.2 Å². The van der Waals surface area contributed by atoms with Gasteiger partial charge in [-0.05, 0) is 56.0 Å². The van der Waals surface area contributed by atoms with Gasteiger partial charge in [-0.25, -0.2) is 4.98 Å². The second-order valence-corrected chi connectivity index (χ2v) is 9.44. The van der Waals surface area contributed by atoms with Crippen LogP contribution in [0.4, 0.5) is 0 Å². The van der Waals surface area contributed by atoms with Gasteiger partial charge in [0.15, 0.2) is 5.16 Å². The van der Waals surface area contributed by atoms with E-state index in [1.54, 1.807) is 22.8 Å². The van der Waals surface area contributed by atoms with Gasteiger partial charge in [-0.2, -0.15) is 0 Å². The molecule has 0 aliphatic heterocycles. The molecule has 3 rings (SSSR count).